The van der Waals surface area contributed by atoms with E-state index in [1.807, 2.05) is 35.2 Å². The Bertz CT molecular complexity index is 830. The van der Waals surface area contributed by atoms with Gasteiger partial charge in [-0.25, -0.2) is 4.39 Å². The van der Waals surface area contributed by atoms with Crippen LogP contribution in [0.2, 0.25) is 0 Å². The summed E-state index contributed by atoms with van der Waals surface area (Å²) < 4.78 is 19.1. The number of halogens is 1. The van der Waals surface area contributed by atoms with Crippen LogP contribution in [0.4, 0.5) is 10.1 Å². The van der Waals surface area contributed by atoms with Gasteiger partial charge in [0.05, 0.1) is 12.1 Å². The maximum Gasteiger partial charge on any atom is 0.253 e. The molecule has 2 aromatic carbocycles. The lowest BCUT2D eigenvalue weighted by Gasteiger charge is -2.47. The molecule has 0 radical (unpaired) electrons. The van der Waals surface area contributed by atoms with Gasteiger partial charge in [0.15, 0.2) is 0 Å². The van der Waals surface area contributed by atoms with Crippen molar-refractivity contribution in [2.24, 2.45) is 0 Å². The van der Waals surface area contributed by atoms with E-state index in [-0.39, 0.29) is 24.2 Å². The summed E-state index contributed by atoms with van der Waals surface area (Å²) in [7, 11) is 0. The number of benzene rings is 2. The molecule has 0 bridgehead atoms. The standard InChI is InChI=1S/C21H21FN2O3/c22-17-6-8-18(9-7-17)24-15-21(27-14-19(24)25)10-12-23(13-11-21)20(26)16-4-2-1-3-5-16/h1-9H,10-15H2. The molecule has 1 spiro atoms. The fraction of sp³-hybridized carbons (Fsp3) is 0.333. The van der Waals surface area contributed by atoms with Gasteiger partial charge < -0.3 is 14.5 Å². The number of piperidine rings is 1. The highest BCUT2D eigenvalue weighted by atomic mass is 19.1. The van der Waals surface area contributed by atoms with Crippen molar-refractivity contribution in [3.63, 3.8) is 0 Å². The van der Waals surface area contributed by atoms with Crippen molar-refractivity contribution in [2.45, 2.75) is 18.4 Å². The van der Waals surface area contributed by atoms with Gasteiger partial charge in [0, 0.05) is 24.3 Å². The smallest absolute Gasteiger partial charge is 0.253 e. The predicted octanol–water partition coefficient (Wildman–Crippen LogP) is 2.86. The Morgan fingerprint density at radius 3 is 2.33 bits per heavy atom. The zero-order chi connectivity index (χ0) is 18.9. The van der Waals surface area contributed by atoms with E-state index in [1.165, 1.54) is 12.1 Å². The summed E-state index contributed by atoms with van der Waals surface area (Å²) in [6.45, 7) is 1.59. The van der Waals surface area contributed by atoms with Crippen molar-refractivity contribution >= 4 is 17.5 Å². The number of nitrogens with zero attached hydrogens (tertiary/aromatic N) is 2. The van der Waals surface area contributed by atoms with Crippen LogP contribution in [-0.2, 0) is 9.53 Å². The van der Waals surface area contributed by atoms with E-state index < -0.39 is 5.60 Å². The maximum absolute atomic E-state index is 13.2. The van der Waals surface area contributed by atoms with E-state index in [0.29, 0.717) is 43.7 Å². The average Bonchev–Trinajstić information content (AvgIpc) is 2.71. The van der Waals surface area contributed by atoms with E-state index in [0.717, 1.165) is 0 Å². The van der Waals surface area contributed by atoms with Crippen molar-refractivity contribution in [3.8, 4) is 0 Å². The second kappa shape index (κ2) is 7.12. The van der Waals surface area contributed by atoms with Gasteiger partial charge >= 0.3 is 0 Å². The number of amides is 2. The van der Waals surface area contributed by atoms with Gasteiger partial charge in [-0.05, 0) is 49.2 Å². The van der Waals surface area contributed by atoms with E-state index in [2.05, 4.69) is 0 Å². The number of morpholine rings is 1. The third kappa shape index (κ3) is 3.57. The molecule has 0 N–H and O–H groups in total. The largest absolute Gasteiger partial charge is 0.363 e. The minimum absolute atomic E-state index is 0.00398. The number of anilines is 1. The number of likely N-dealkylation sites (tertiary alicyclic amines) is 1. The molecule has 4 rings (SSSR count). The van der Waals surface area contributed by atoms with Gasteiger partial charge in [-0.3, -0.25) is 9.59 Å². The molecular weight excluding hydrogens is 347 g/mol. The summed E-state index contributed by atoms with van der Waals surface area (Å²) in [5.74, 6) is -0.440. The fourth-order valence-electron chi connectivity index (χ4n) is 3.75. The third-order valence-electron chi connectivity index (χ3n) is 5.37. The summed E-state index contributed by atoms with van der Waals surface area (Å²) in [4.78, 5) is 28.4. The second-order valence-corrected chi connectivity index (χ2v) is 7.09. The van der Waals surface area contributed by atoms with Gasteiger partial charge in [-0.2, -0.15) is 0 Å². The lowest BCUT2D eigenvalue weighted by molar-refractivity contribution is -0.143. The van der Waals surface area contributed by atoms with Gasteiger partial charge in [0.25, 0.3) is 11.8 Å². The lowest BCUT2D eigenvalue weighted by Crippen LogP contribution is -2.59. The summed E-state index contributed by atoms with van der Waals surface area (Å²) in [6.07, 6.45) is 1.33. The Hall–Kier alpha value is -2.73. The van der Waals surface area contributed by atoms with Crippen LogP contribution in [0.3, 0.4) is 0 Å². The molecule has 2 aliphatic heterocycles. The Morgan fingerprint density at radius 2 is 1.67 bits per heavy atom. The number of hydrogen-bond acceptors (Lipinski definition) is 3. The lowest BCUT2D eigenvalue weighted by atomic mass is 9.88. The monoisotopic (exact) mass is 368 g/mol. The highest BCUT2D eigenvalue weighted by Gasteiger charge is 2.43. The van der Waals surface area contributed by atoms with Gasteiger partial charge in [-0.15, -0.1) is 0 Å². The van der Waals surface area contributed by atoms with Crippen LogP contribution in [0.1, 0.15) is 23.2 Å². The first-order valence-electron chi connectivity index (χ1n) is 9.11. The Morgan fingerprint density at radius 1 is 1.00 bits per heavy atom. The van der Waals surface area contributed by atoms with Crippen LogP contribution in [0, 0.1) is 5.82 Å². The van der Waals surface area contributed by atoms with E-state index in [9.17, 15) is 14.0 Å². The van der Waals surface area contributed by atoms with Gasteiger partial charge in [-0.1, -0.05) is 18.2 Å². The normalized spacial score (nSPS) is 19.4. The summed E-state index contributed by atoms with van der Waals surface area (Å²) >= 11 is 0. The molecule has 2 aliphatic rings. The van der Waals surface area contributed by atoms with Crippen LogP contribution in [-0.4, -0.2) is 48.6 Å². The molecule has 0 saturated carbocycles. The number of hydrogen-bond donors (Lipinski definition) is 0. The minimum atomic E-state index is -0.463. The number of rotatable bonds is 2. The van der Waals surface area contributed by atoms with E-state index >= 15 is 0 Å². The molecule has 0 unspecified atom stereocenters. The van der Waals surface area contributed by atoms with Crippen molar-refractivity contribution in [1.82, 2.24) is 4.90 Å². The van der Waals surface area contributed by atoms with Crippen molar-refractivity contribution in [3.05, 3.63) is 66.0 Å². The van der Waals surface area contributed by atoms with Crippen molar-refractivity contribution < 1.29 is 18.7 Å². The van der Waals surface area contributed by atoms with E-state index in [1.54, 1.807) is 17.0 Å². The zero-order valence-corrected chi connectivity index (χ0v) is 14.9. The summed E-state index contributed by atoms with van der Waals surface area (Å²) in [6, 6.07) is 15.2. The van der Waals surface area contributed by atoms with Crippen LogP contribution < -0.4 is 4.90 Å². The quantitative estimate of drug-likeness (QED) is 0.819. The van der Waals surface area contributed by atoms with Crippen LogP contribution >= 0.6 is 0 Å². The highest BCUT2D eigenvalue weighted by Crippen LogP contribution is 2.33. The number of carbonyl (C=O) groups excluding carboxylic acids is 2. The van der Waals surface area contributed by atoms with E-state index in [4.69, 9.17) is 4.74 Å². The number of carbonyl (C=O) groups is 2. The molecule has 2 saturated heterocycles. The minimum Gasteiger partial charge on any atom is -0.363 e. The van der Waals surface area contributed by atoms with Crippen LogP contribution in [0.15, 0.2) is 54.6 Å². The number of ether oxygens (including phenoxy) is 1. The second-order valence-electron chi connectivity index (χ2n) is 7.09. The molecular formula is C21H21FN2O3. The predicted molar refractivity (Wildman–Crippen MR) is 99.0 cm³/mol. The summed E-state index contributed by atoms with van der Waals surface area (Å²) in [5.41, 5.74) is 0.892. The first kappa shape index (κ1) is 17.7. The SMILES string of the molecule is O=C(c1ccccc1)N1CCC2(CC1)CN(c1ccc(F)cc1)C(=O)CO2. The average molecular weight is 368 g/mol. The van der Waals surface area contributed by atoms with Gasteiger partial charge in [0.1, 0.15) is 12.4 Å². The van der Waals surface area contributed by atoms with Crippen LogP contribution in [0.5, 0.6) is 0 Å². The zero-order valence-electron chi connectivity index (χ0n) is 14.9. The topological polar surface area (TPSA) is 49.9 Å². The molecule has 0 aromatic heterocycles. The molecule has 2 heterocycles. The fourth-order valence-corrected chi connectivity index (χ4v) is 3.75. The molecule has 2 amide bonds. The first-order valence-corrected chi connectivity index (χ1v) is 9.11. The Kier molecular flexibility index (Phi) is 4.66. The third-order valence-corrected chi connectivity index (χ3v) is 5.37. The molecule has 27 heavy (non-hydrogen) atoms. The van der Waals surface area contributed by atoms with Crippen LogP contribution in [0.25, 0.3) is 0 Å². The van der Waals surface area contributed by atoms with Crippen molar-refractivity contribution in [2.75, 3.05) is 31.1 Å². The highest BCUT2D eigenvalue weighted by molar-refractivity contribution is 5.95. The molecule has 140 valence electrons. The van der Waals surface area contributed by atoms with Crippen molar-refractivity contribution in [1.29, 1.82) is 0 Å². The molecule has 6 heteroatoms. The molecule has 2 fully saturated rings. The maximum atomic E-state index is 13.2. The Labute approximate surface area is 157 Å². The molecule has 5 nitrogen and oxygen atoms in total. The Balaban J connectivity index is 1.45. The molecule has 0 aliphatic carbocycles. The molecule has 2 aromatic rings. The molecule has 0 atom stereocenters. The van der Waals surface area contributed by atoms with Gasteiger partial charge in [0.2, 0.25) is 0 Å². The first-order chi connectivity index (χ1) is 13.1. The summed E-state index contributed by atoms with van der Waals surface area (Å²) in [5, 5.41) is 0.